The van der Waals surface area contributed by atoms with Crippen LogP contribution in [0.1, 0.15) is 11.1 Å². The quantitative estimate of drug-likeness (QED) is 0.302. The molecule has 0 bridgehead atoms. The largest absolute Gasteiger partial charge is 0.368 e. The molecule has 28 heavy (non-hydrogen) atoms. The van der Waals surface area contributed by atoms with E-state index in [4.69, 9.17) is 0 Å². The van der Waals surface area contributed by atoms with Crippen molar-refractivity contribution in [3.8, 4) is 11.1 Å². The molecular weight excluding hydrogens is 338 g/mol. The van der Waals surface area contributed by atoms with Crippen LogP contribution in [-0.4, -0.2) is 0 Å². The molecule has 1 aliphatic heterocycles. The number of benzene rings is 4. The topological polar surface area (TPSA) is 12.0 Å². The monoisotopic (exact) mass is 359 g/mol. The summed E-state index contributed by atoms with van der Waals surface area (Å²) in [5.41, 5.74) is 5.71. The van der Waals surface area contributed by atoms with Gasteiger partial charge in [0.1, 0.15) is 0 Å². The number of rotatable bonds is 0. The molecule has 0 saturated carbocycles. The van der Waals surface area contributed by atoms with E-state index in [1.165, 1.54) is 43.8 Å². The van der Waals surface area contributed by atoms with Gasteiger partial charge in [-0.15, -0.1) is 0 Å². The molecule has 0 spiro atoms. The van der Waals surface area contributed by atoms with E-state index in [1.54, 1.807) is 0 Å². The molecule has 0 fully saturated rings. The Morgan fingerprint density at radius 2 is 1.32 bits per heavy atom. The van der Waals surface area contributed by atoms with Gasteiger partial charge >= 0.3 is 0 Å². The molecule has 0 atom stereocenters. The number of hydrogen-bond donors (Lipinski definition) is 1. The van der Waals surface area contributed by atoms with Crippen molar-refractivity contribution in [3.05, 3.63) is 121 Å². The van der Waals surface area contributed by atoms with Crippen LogP contribution in [0.15, 0.2) is 110 Å². The predicted octanol–water partition coefficient (Wildman–Crippen LogP) is 6.74. The van der Waals surface area contributed by atoms with Crippen LogP contribution in [0, 0.1) is 0 Å². The zero-order chi connectivity index (χ0) is 18.8. The van der Waals surface area contributed by atoms with Gasteiger partial charge < -0.3 is 5.32 Å². The van der Waals surface area contributed by atoms with Gasteiger partial charge in [-0.25, -0.2) is 0 Å². The van der Waals surface area contributed by atoms with E-state index in [9.17, 15) is 0 Å². The summed E-state index contributed by atoms with van der Waals surface area (Å²) in [7, 11) is 0. The summed E-state index contributed by atoms with van der Waals surface area (Å²) in [4.78, 5) is 0. The van der Waals surface area contributed by atoms with E-state index in [0.717, 1.165) is 6.42 Å². The molecule has 134 valence electrons. The summed E-state index contributed by atoms with van der Waals surface area (Å²) in [6, 6.07) is 26.6. The van der Waals surface area contributed by atoms with Gasteiger partial charge in [0.05, 0.1) is 0 Å². The third-order valence-corrected chi connectivity index (χ3v) is 5.36. The summed E-state index contributed by atoms with van der Waals surface area (Å²) in [6.45, 7) is 0. The third kappa shape index (κ3) is 2.91. The molecule has 0 amide bonds. The molecule has 1 nitrogen and oxygen atoms in total. The molecule has 0 aromatic heterocycles. The second-order valence-corrected chi connectivity index (χ2v) is 7.09. The molecule has 0 radical (unpaired) electrons. The standard InChI is InChI=1S/C21H14.C6H7N/c1-3-10-18-14(6-1)12-16-8-5-9-17-13-15-7-2-4-11-19(15)21(18)20(16)17;1-2-4-6-7-5-3-1/h1-12H,13H2;1-7H. The van der Waals surface area contributed by atoms with Crippen molar-refractivity contribution in [3.63, 3.8) is 0 Å². The fourth-order valence-electron chi connectivity index (χ4n) is 4.15. The zero-order valence-electron chi connectivity index (χ0n) is 15.6. The number of nitrogens with one attached hydrogen (secondary N) is 1. The maximum Gasteiger partial charge on any atom is 0.000442 e. The summed E-state index contributed by atoms with van der Waals surface area (Å²) in [5, 5.41) is 8.41. The van der Waals surface area contributed by atoms with E-state index in [2.05, 4.69) is 78.1 Å². The minimum atomic E-state index is 1.04. The molecule has 0 unspecified atom stereocenters. The van der Waals surface area contributed by atoms with E-state index in [0.29, 0.717) is 0 Å². The summed E-state index contributed by atoms with van der Waals surface area (Å²) < 4.78 is 0. The van der Waals surface area contributed by atoms with Crippen LogP contribution in [0.5, 0.6) is 0 Å². The predicted molar refractivity (Wildman–Crippen MR) is 120 cm³/mol. The lowest BCUT2D eigenvalue weighted by molar-refractivity contribution is 1.20. The van der Waals surface area contributed by atoms with Crippen LogP contribution in [0.25, 0.3) is 32.7 Å². The number of allylic oxidation sites excluding steroid dienone is 4. The van der Waals surface area contributed by atoms with Crippen LogP contribution < -0.4 is 5.32 Å². The van der Waals surface area contributed by atoms with E-state index in [1.807, 2.05) is 36.7 Å². The van der Waals surface area contributed by atoms with Crippen molar-refractivity contribution in [1.29, 1.82) is 0 Å². The summed E-state index contributed by atoms with van der Waals surface area (Å²) in [6.07, 6.45) is 12.6. The molecular formula is C27H21N. The Labute approximate surface area is 165 Å². The summed E-state index contributed by atoms with van der Waals surface area (Å²) in [5.74, 6) is 0. The fraction of sp³-hybridized carbons (Fsp3) is 0.0370. The van der Waals surface area contributed by atoms with Crippen molar-refractivity contribution in [2.45, 2.75) is 6.42 Å². The minimum Gasteiger partial charge on any atom is -0.368 e. The average molecular weight is 359 g/mol. The fourth-order valence-corrected chi connectivity index (χ4v) is 4.15. The van der Waals surface area contributed by atoms with Gasteiger partial charge in [0, 0.05) is 12.4 Å². The second kappa shape index (κ2) is 7.21. The first-order chi connectivity index (χ1) is 13.9. The molecule has 1 heterocycles. The summed E-state index contributed by atoms with van der Waals surface area (Å²) >= 11 is 0. The van der Waals surface area contributed by atoms with Gasteiger partial charge in [-0.1, -0.05) is 78.9 Å². The Morgan fingerprint density at radius 1 is 0.607 bits per heavy atom. The van der Waals surface area contributed by atoms with E-state index in [-0.39, 0.29) is 0 Å². The first-order valence-corrected chi connectivity index (χ1v) is 9.68. The van der Waals surface area contributed by atoms with Crippen molar-refractivity contribution >= 4 is 21.5 Å². The van der Waals surface area contributed by atoms with Crippen LogP contribution in [-0.2, 0) is 6.42 Å². The van der Waals surface area contributed by atoms with Crippen molar-refractivity contribution in [1.82, 2.24) is 5.32 Å². The normalized spacial score (nSPS) is 13.4. The second-order valence-electron chi connectivity index (χ2n) is 7.09. The number of fused-ring (bicyclic) bond motifs is 4. The molecule has 1 aliphatic carbocycles. The number of hydrogen-bond acceptors (Lipinski definition) is 1. The Balaban J connectivity index is 0.000000208. The lowest BCUT2D eigenvalue weighted by atomic mass is 9.81. The van der Waals surface area contributed by atoms with Crippen LogP contribution in [0.4, 0.5) is 0 Å². The first kappa shape index (κ1) is 16.6. The molecule has 4 aromatic carbocycles. The van der Waals surface area contributed by atoms with Crippen LogP contribution in [0.3, 0.4) is 0 Å². The first-order valence-electron chi connectivity index (χ1n) is 9.68. The van der Waals surface area contributed by atoms with Crippen LogP contribution >= 0.6 is 0 Å². The van der Waals surface area contributed by atoms with Crippen LogP contribution in [0.2, 0.25) is 0 Å². The highest BCUT2D eigenvalue weighted by molar-refractivity contribution is 6.15. The Bertz CT molecular complexity index is 1240. The van der Waals surface area contributed by atoms with Gasteiger partial charge in [-0.05, 0) is 68.4 Å². The van der Waals surface area contributed by atoms with Crippen molar-refractivity contribution in [2.75, 3.05) is 0 Å². The molecule has 2 aliphatic rings. The van der Waals surface area contributed by atoms with Gasteiger partial charge in [0.15, 0.2) is 0 Å². The molecule has 1 heteroatoms. The van der Waals surface area contributed by atoms with E-state index >= 15 is 0 Å². The lowest BCUT2D eigenvalue weighted by Gasteiger charge is -2.22. The van der Waals surface area contributed by atoms with Gasteiger partial charge in [-0.3, -0.25) is 0 Å². The Morgan fingerprint density at radius 3 is 2.21 bits per heavy atom. The maximum atomic E-state index is 2.92. The highest BCUT2D eigenvalue weighted by Crippen LogP contribution is 2.43. The molecule has 0 saturated heterocycles. The van der Waals surface area contributed by atoms with Crippen molar-refractivity contribution in [2.24, 2.45) is 0 Å². The molecule has 6 rings (SSSR count). The Hall–Kier alpha value is -3.58. The highest BCUT2D eigenvalue weighted by Gasteiger charge is 2.19. The van der Waals surface area contributed by atoms with Gasteiger partial charge in [0.25, 0.3) is 0 Å². The highest BCUT2D eigenvalue weighted by atomic mass is 14.8. The zero-order valence-corrected chi connectivity index (χ0v) is 15.6. The minimum absolute atomic E-state index is 1.04. The molecule has 1 N–H and O–H groups in total. The lowest BCUT2D eigenvalue weighted by Crippen LogP contribution is -2.01. The van der Waals surface area contributed by atoms with Crippen molar-refractivity contribution < 1.29 is 0 Å². The van der Waals surface area contributed by atoms with Gasteiger partial charge in [0.2, 0.25) is 0 Å². The van der Waals surface area contributed by atoms with E-state index < -0.39 is 0 Å². The Kier molecular flexibility index (Phi) is 4.27. The third-order valence-electron chi connectivity index (χ3n) is 5.36. The van der Waals surface area contributed by atoms with Gasteiger partial charge in [-0.2, -0.15) is 0 Å². The smallest absolute Gasteiger partial charge is 0.000442 e. The molecule has 4 aromatic rings. The average Bonchev–Trinajstić information content (AvgIpc) is 3.07. The SMILES string of the molecule is C1=CC=CNC=C1.c1ccc2c(c1)Cc1cccc3cc4ccccc4c-2c13. The maximum absolute atomic E-state index is 2.92.